The lowest BCUT2D eigenvalue weighted by Crippen LogP contribution is -2.31. The molecule has 2 aromatic rings. The molecule has 1 fully saturated rings. The first-order chi connectivity index (χ1) is 13.7. The highest BCUT2D eigenvalue weighted by Gasteiger charge is 2.31. The molecule has 152 valence electrons. The summed E-state index contributed by atoms with van der Waals surface area (Å²) >= 11 is 0. The Hall–Kier alpha value is -3.35. The summed E-state index contributed by atoms with van der Waals surface area (Å²) in [5.74, 6) is -0.249. The number of nitrogens with one attached hydrogen (secondary N) is 1. The number of carbonyl (C=O) groups is 2. The maximum atomic E-state index is 12.9. The van der Waals surface area contributed by atoms with Gasteiger partial charge in [0.05, 0.1) is 13.5 Å². The number of amides is 2. The fourth-order valence-corrected chi connectivity index (χ4v) is 3.46. The minimum Gasteiger partial charge on any atom is -0.469 e. The number of nitrogens with zero attached hydrogens (tertiary/aromatic N) is 2. The average molecular weight is 394 g/mol. The first-order valence-corrected chi connectivity index (χ1v) is 9.44. The largest absolute Gasteiger partial charge is 0.469 e. The number of anilines is 2. The lowest BCUT2D eigenvalue weighted by atomic mass is 9.81. The van der Waals surface area contributed by atoms with Crippen molar-refractivity contribution in [2.75, 3.05) is 30.0 Å². The van der Waals surface area contributed by atoms with Gasteiger partial charge in [0.15, 0.2) is 0 Å². The summed E-state index contributed by atoms with van der Waals surface area (Å²) in [6, 6.07) is 14.7. The Morgan fingerprint density at radius 1 is 1.03 bits per heavy atom. The molecule has 0 aliphatic carbocycles. The molecule has 2 amide bonds. The van der Waals surface area contributed by atoms with Crippen LogP contribution in [0.4, 0.5) is 16.2 Å². The summed E-state index contributed by atoms with van der Waals surface area (Å²) in [5.41, 5.74) is 8.36. The molecule has 1 aliphatic heterocycles. The number of nitrogen functional groups attached to an aromatic ring is 1. The third-order valence-corrected chi connectivity index (χ3v) is 5.27. The number of esters is 1. The van der Waals surface area contributed by atoms with E-state index in [0.717, 1.165) is 16.9 Å². The molecule has 0 radical (unpaired) electrons. The summed E-state index contributed by atoms with van der Waals surface area (Å²) in [5, 5.41) is 7.47. The van der Waals surface area contributed by atoms with E-state index in [1.54, 1.807) is 34.1 Å². The summed E-state index contributed by atoms with van der Waals surface area (Å²) in [6.07, 6.45) is 0.287. The SMILES string of the molecule is COC(=O)CC(C)(C)c1ccc(N2CCN(c3ccc(C(=N)N)cc3)C2=O)cc1. The molecule has 0 aromatic heterocycles. The van der Waals surface area contributed by atoms with Crippen LogP contribution in [0, 0.1) is 5.41 Å². The average Bonchev–Trinajstić information content (AvgIpc) is 3.09. The van der Waals surface area contributed by atoms with Gasteiger partial charge in [-0.25, -0.2) is 4.79 Å². The van der Waals surface area contributed by atoms with Gasteiger partial charge in [-0.3, -0.25) is 20.0 Å². The van der Waals surface area contributed by atoms with Gasteiger partial charge >= 0.3 is 12.0 Å². The Labute approximate surface area is 170 Å². The zero-order valence-corrected chi connectivity index (χ0v) is 16.9. The van der Waals surface area contributed by atoms with Crippen molar-refractivity contribution in [1.82, 2.24) is 0 Å². The number of nitrogens with two attached hydrogens (primary N) is 1. The number of hydrogen-bond acceptors (Lipinski definition) is 4. The third kappa shape index (κ3) is 4.23. The Morgan fingerprint density at radius 2 is 1.52 bits per heavy atom. The first-order valence-electron chi connectivity index (χ1n) is 9.44. The third-order valence-electron chi connectivity index (χ3n) is 5.27. The molecular formula is C22H26N4O3. The zero-order chi connectivity index (χ0) is 21.2. The van der Waals surface area contributed by atoms with E-state index in [4.69, 9.17) is 15.9 Å². The molecule has 0 saturated carbocycles. The number of ether oxygens (including phenoxy) is 1. The highest BCUT2D eigenvalue weighted by molar-refractivity contribution is 6.06. The Bertz CT molecular complexity index is 920. The number of carbonyl (C=O) groups excluding carboxylic acids is 2. The van der Waals surface area contributed by atoms with Crippen LogP contribution < -0.4 is 15.5 Å². The smallest absolute Gasteiger partial charge is 0.329 e. The normalized spacial score (nSPS) is 14.2. The predicted octanol–water partition coefficient (Wildman–Crippen LogP) is 3.26. The van der Waals surface area contributed by atoms with Gasteiger partial charge in [-0.1, -0.05) is 26.0 Å². The number of benzene rings is 2. The molecule has 1 saturated heterocycles. The molecular weight excluding hydrogens is 368 g/mol. The summed E-state index contributed by atoms with van der Waals surface area (Å²) < 4.78 is 4.78. The Morgan fingerprint density at radius 3 is 1.97 bits per heavy atom. The fourth-order valence-electron chi connectivity index (χ4n) is 3.46. The van der Waals surface area contributed by atoms with Gasteiger partial charge in [0.1, 0.15) is 5.84 Å². The second kappa shape index (κ2) is 7.95. The van der Waals surface area contributed by atoms with Crippen molar-refractivity contribution in [2.45, 2.75) is 25.7 Å². The van der Waals surface area contributed by atoms with Crippen LogP contribution in [-0.2, 0) is 14.9 Å². The zero-order valence-electron chi connectivity index (χ0n) is 16.9. The molecule has 3 N–H and O–H groups in total. The van der Waals surface area contributed by atoms with Crippen molar-refractivity contribution in [3.63, 3.8) is 0 Å². The summed E-state index contributed by atoms with van der Waals surface area (Å²) in [7, 11) is 1.39. The van der Waals surface area contributed by atoms with Crippen molar-refractivity contribution in [3.8, 4) is 0 Å². The standard InChI is InChI=1S/C22H26N4O3/c1-22(2,14-19(27)29-3)16-6-10-18(11-7-16)26-13-12-25(21(26)28)17-8-4-15(5-9-17)20(23)24/h4-11H,12-14H2,1-3H3,(H3,23,24). The van der Waals surface area contributed by atoms with Crippen molar-refractivity contribution < 1.29 is 14.3 Å². The number of rotatable bonds is 6. The molecule has 3 rings (SSSR count). The van der Waals surface area contributed by atoms with Crippen molar-refractivity contribution in [3.05, 3.63) is 59.7 Å². The van der Waals surface area contributed by atoms with E-state index < -0.39 is 0 Å². The van der Waals surface area contributed by atoms with E-state index in [0.29, 0.717) is 18.7 Å². The maximum Gasteiger partial charge on any atom is 0.329 e. The molecule has 7 nitrogen and oxygen atoms in total. The second-order valence-corrected chi connectivity index (χ2v) is 7.73. The van der Waals surface area contributed by atoms with Crippen molar-refractivity contribution in [2.24, 2.45) is 5.73 Å². The molecule has 1 heterocycles. The van der Waals surface area contributed by atoms with Crippen molar-refractivity contribution in [1.29, 1.82) is 5.41 Å². The number of amidine groups is 1. The summed E-state index contributed by atoms with van der Waals surface area (Å²) in [6.45, 7) is 5.14. The van der Waals surface area contributed by atoms with Gasteiger partial charge < -0.3 is 10.5 Å². The van der Waals surface area contributed by atoms with E-state index >= 15 is 0 Å². The number of hydrogen-bond donors (Lipinski definition) is 2. The molecule has 0 unspecified atom stereocenters. The van der Waals surface area contributed by atoms with Crippen LogP contribution in [0.15, 0.2) is 48.5 Å². The highest BCUT2D eigenvalue weighted by atomic mass is 16.5. The maximum absolute atomic E-state index is 12.9. The topological polar surface area (TPSA) is 99.7 Å². The van der Waals surface area contributed by atoms with Crippen LogP contribution in [0.25, 0.3) is 0 Å². The van der Waals surface area contributed by atoms with Crippen LogP contribution in [0.3, 0.4) is 0 Å². The Kier molecular flexibility index (Phi) is 5.59. The monoisotopic (exact) mass is 394 g/mol. The molecule has 0 bridgehead atoms. The van der Waals surface area contributed by atoms with Gasteiger partial charge in [-0.15, -0.1) is 0 Å². The molecule has 29 heavy (non-hydrogen) atoms. The molecule has 0 atom stereocenters. The first kappa shape index (κ1) is 20.4. The van der Waals surface area contributed by atoms with Gasteiger partial charge in [-0.05, 0) is 42.0 Å². The van der Waals surface area contributed by atoms with E-state index in [1.165, 1.54) is 7.11 Å². The highest BCUT2D eigenvalue weighted by Crippen LogP contribution is 2.31. The van der Waals surface area contributed by atoms with Gasteiger partial charge in [0.25, 0.3) is 0 Å². The van der Waals surface area contributed by atoms with E-state index in [2.05, 4.69) is 0 Å². The van der Waals surface area contributed by atoms with Crippen LogP contribution >= 0.6 is 0 Å². The van der Waals surface area contributed by atoms with E-state index in [-0.39, 0.29) is 29.7 Å². The Balaban J connectivity index is 1.74. The minimum absolute atomic E-state index is 0.00105. The van der Waals surface area contributed by atoms with Gasteiger partial charge in [0, 0.05) is 35.4 Å². The lowest BCUT2D eigenvalue weighted by Gasteiger charge is -2.25. The molecule has 2 aromatic carbocycles. The number of urea groups is 1. The minimum atomic E-state index is -0.356. The van der Waals surface area contributed by atoms with Crippen LogP contribution in [0.1, 0.15) is 31.4 Å². The van der Waals surface area contributed by atoms with E-state index in [1.807, 2.05) is 38.1 Å². The number of methoxy groups -OCH3 is 1. The van der Waals surface area contributed by atoms with Crippen LogP contribution in [-0.4, -0.2) is 38.0 Å². The van der Waals surface area contributed by atoms with Gasteiger partial charge in [0.2, 0.25) is 0 Å². The molecule has 1 aliphatic rings. The predicted molar refractivity (Wildman–Crippen MR) is 114 cm³/mol. The fraction of sp³-hybridized carbons (Fsp3) is 0.318. The van der Waals surface area contributed by atoms with E-state index in [9.17, 15) is 9.59 Å². The molecule has 0 spiro atoms. The van der Waals surface area contributed by atoms with Crippen LogP contribution in [0.5, 0.6) is 0 Å². The van der Waals surface area contributed by atoms with Crippen LogP contribution in [0.2, 0.25) is 0 Å². The van der Waals surface area contributed by atoms with Gasteiger partial charge in [-0.2, -0.15) is 0 Å². The lowest BCUT2D eigenvalue weighted by molar-refractivity contribution is -0.141. The molecule has 7 heteroatoms. The summed E-state index contributed by atoms with van der Waals surface area (Å²) in [4.78, 5) is 28.0. The van der Waals surface area contributed by atoms with Crippen molar-refractivity contribution >= 4 is 29.2 Å². The quantitative estimate of drug-likeness (QED) is 0.446. The second-order valence-electron chi connectivity index (χ2n) is 7.73.